The Labute approximate surface area is 106 Å². The normalized spacial score (nSPS) is 22.8. The molecule has 1 N–H and O–H groups in total. The van der Waals surface area contributed by atoms with Crippen molar-refractivity contribution in [3.8, 4) is 0 Å². The Morgan fingerprint density at radius 3 is 2.94 bits per heavy atom. The predicted octanol–water partition coefficient (Wildman–Crippen LogP) is 1.52. The van der Waals surface area contributed by atoms with Crippen LogP contribution in [0.1, 0.15) is 32.9 Å². The standard InChI is InChI=1S/C10H12N4O2.C2H6/c15-4-7-1-2-9(16-7)14-6-13-8-3-11-5-12-10(8)14;1-2/h3,5-7,9,15H,1-2,4H2;1-2H3. The molecule has 3 heterocycles. The lowest BCUT2D eigenvalue weighted by molar-refractivity contribution is -0.0207. The molecule has 6 nitrogen and oxygen atoms in total. The highest BCUT2D eigenvalue weighted by molar-refractivity contribution is 5.68. The minimum absolute atomic E-state index is 0.0655. The fourth-order valence-electron chi connectivity index (χ4n) is 2.02. The van der Waals surface area contributed by atoms with Gasteiger partial charge < -0.3 is 9.84 Å². The molecular weight excluding hydrogens is 232 g/mol. The van der Waals surface area contributed by atoms with Gasteiger partial charge in [0.2, 0.25) is 0 Å². The zero-order chi connectivity index (χ0) is 13.0. The van der Waals surface area contributed by atoms with Crippen LogP contribution in [0, 0.1) is 0 Å². The number of ether oxygens (including phenoxy) is 1. The number of rotatable bonds is 2. The summed E-state index contributed by atoms with van der Waals surface area (Å²) in [6, 6.07) is 0. The molecule has 0 amide bonds. The maximum atomic E-state index is 9.02. The first kappa shape index (κ1) is 12.9. The van der Waals surface area contributed by atoms with E-state index in [0.29, 0.717) is 0 Å². The fraction of sp³-hybridized carbons (Fsp3) is 0.583. The van der Waals surface area contributed by atoms with E-state index in [1.165, 1.54) is 6.33 Å². The maximum absolute atomic E-state index is 9.02. The lowest BCUT2D eigenvalue weighted by Gasteiger charge is -2.13. The molecule has 0 aromatic carbocycles. The zero-order valence-corrected chi connectivity index (χ0v) is 10.7. The molecular formula is C12H18N4O2. The number of aliphatic hydroxyl groups is 1. The third-order valence-electron chi connectivity index (χ3n) is 2.84. The number of aliphatic hydroxyl groups excluding tert-OH is 1. The summed E-state index contributed by atoms with van der Waals surface area (Å²) >= 11 is 0. The van der Waals surface area contributed by atoms with Crippen molar-refractivity contribution >= 4 is 11.2 Å². The zero-order valence-electron chi connectivity index (χ0n) is 10.7. The molecule has 1 fully saturated rings. The molecule has 0 radical (unpaired) electrons. The topological polar surface area (TPSA) is 73.1 Å². The molecule has 6 heteroatoms. The van der Waals surface area contributed by atoms with Crippen molar-refractivity contribution < 1.29 is 9.84 Å². The molecule has 3 rings (SSSR count). The second-order valence-electron chi connectivity index (χ2n) is 3.86. The van der Waals surface area contributed by atoms with Gasteiger partial charge in [-0.25, -0.2) is 15.0 Å². The van der Waals surface area contributed by atoms with Crippen molar-refractivity contribution in [1.29, 1.82) is 0 Å². The van der Waals surface area contributed by atoms with Crippen LogP contribution in [0.15, 0.2) is 18.9 Å². The Balaban J connectivity index is 0.000000574. The van der Waals surface area contributed by atoms with Gasteiger partial charge in [0.25, 0.3) is 0 Å². The van der Waals surface area contributed by atoms with Crippen LogP contribution in [0.25, 0.3) is 11.2 Å². The molecule has 2 unspecified atom stereocenters. The van der Waals surface area contributed by atoms with E-state index in [0.717, 1.165) is 24.0 Å². The second kappa shape index (κ2) is 5.88. The highest BCUT2D eigenvalue weighted by Crippen LogP contribution is 2.29. The largest absolute Gasteiger partial charge is 0.394 e. The average molecular weight is 250 g/mol. The van der Waals surface area contributed by atoms with Crippen molar-refractivity contribution in [2.75, 3.05) is 6.61 Å². The number of fused-ring (bicyclic) bond motifs is 1. The lowest BCUT2D eigenvalue weighted by atomic mass is 10.2. The summed E-state index contributed by atoms with van der Waals surface area (Å²) in [4.78, 5) is 12.3. The Hall–Kier alpha value is -1.53. The average Bonchev–Trinajstić information content (AvgIpc) is 3.07. The maximum Gasteiger partial charge on any atom is 0.165 e. The number of nitrogens with zero attached hydrogens (tertiary/aromatic N) is 4. The van der Waals surface area contributed by atoms with Crippen molar-refractivity contribution in [3.05, 3.63) is 18.9 Å². The molecule has 2 atom stereocenters. The highest BCUT2D eigenvalue weighted by atomic mass is 16.5. The summed E-state index contributed by atoms with van der Waals surface area (Å²) < 4.78 is 7.57. The minimum atomic E-state index is -0.0722. The molecule has 0 spiro atoms. The third-order valence-corrected chi connectivity index (χ3v) is 2.84. The van der Waals surface area contributed by atoms with Gasteiger partial charge in [-0.3, -0.25) is 4.57 Å². The summed E-state index contributed by atoms with van der Waals surface area (Å²) in [6.45, 7) is 4.07. The Bertz CT molecular complexity index is 500. The van der Waals surface area contributed by atoms with Crippen LogP contribution in [0.4, 0.5) is 0 Å². The first-order valence-corrected chi connectivity index (χ1v) is 6.27. The molecule has 0 saturated carbocycles. The predicted molar refractivity (Wildman–Crippen MR) is 66.9 cm³/mol. The van der Waals surface area contributed by atoms with Gasteiger partial charge in [-0.15, -0.1) is 0 Å². The van der Waals surface area contributed by atoms with Gasteiger partial charge in [0, 0.05) is 0 Å². The number of aromatic nitrogens is 4. The summed E-state index contributed by atoms with van der Waals surface area (Å²) in [7, 11) is 0. The summed E-state index contributed by atoms with van der Waals surface area (Å²) in [5.41, 5.74) is 1.54. The fourth-order valence-corrected chi connectivity index (χ4v) is 2.02. The Morgan fingerprint density at radius 2 is 2.22 bits per heavy atom. The van der Waals surface area contributed by atoms with Gasteiger partial charge in [-0.2, -0.15) is 0 Å². The Kier molecular flexibility index (Phi) is 4.22. The van der Waals surface area contributed by atoms with Crippen LogP contribution >= 0.6 is 0 Å². The molecule has 0 bridgehead atoms. The van der Waals surface area contributed by atoms with E-state index in [-0.39, 0.29) is 18.9 Å². The first-order valence-electron chi connectivity index (χ1n) is 6.27. The molecule has 1 aliphatic rings. The smallest absolute Gasteiger partial charge is 0.165 e. The van der Waals surface area contributed by atoms with E-state index in [1.807, 2.05) is 18.4 Å². The molecule has 2 aromatic rings. The van der Waals surface area contributed by atoms with Gasteiger partial charge in [0.15, 0.2) is 5.65 Å². The minimum Gasteiger partial charge on any atom is -0.394 e. The SMILES string of the molecule is CC.OCC1CCC(n2cnc3cncnc32)O1. The first-order chi connectivity index (χ1) is 8.88. The van der Waals surface area contributed by atoms with E-state index >= 15 is 0 Å². The Morgan fingerprint density at radius 1 is 1.39 bits per heavy atom. The highest BCUT2D eigenvalue weighted by Gasteiger charge is 2.27. The van der Waals surface area contributed by atoms with Crippen molar-refractivity contribution in [3.63, 3.8) is 0 Å². The summed E-state index contributed by atoms with van der Waals surface area (Å²) in [5.74, 6) is 0. The van der Waals surface area contributed by atoms with E-state index in [9.17, 15) is 0 Å². The number of hydrogen-bond acceptors (Lipinski definition) is 5. The van der Waals surface area contributed by atoms with Crippen LogP contribution in [0.2, 0.25) is 0 Å². The molecule has 0 aliphatic carbocycles. The molecule has 18 heavy (non-hydrogen) atoms. The molecule has 1 aliphatic heterocycles. The monoisotopic (exact) mass is 250 g/mol. The van der Waals surface area contributed by atoms with Gasteiger partial charge in [-0.05, 0) is 12.8 Å². The van der Waals surface area contributed by atoms with E-state index in [2.05, 4.69) is 15.0 Å². The molecule has 2 aromatic heterocycles. The van der Waals surface area contributed by atoms with Crippen molar-refractivity contribution in [2.45, 2.75) is 39.0 Å². The van der Waals surface area contributed by atoms with Crippen LogP contribution in [0.3, 0.4) is 0 Å². The van der Waals surface area contributed by atoms with Gasteiger partial charge in [0.1, 0.15) is 18.1 Å². The van der Waals surface area contributed by atoms with Gasteiger partial charge >= 0.3 is 0 Å². The van der Waals surface area contributed by atoms with Crippen LogP contribution < -0.4 is 0 Å². The van der Waals surface area contributed by atoms with Crippen molar-refractivity contribution in [2.24, 2.45) is 0 Å². The number of imidazole rings is 1. The van der Waals surface area contributed by atoms with Crippen molar-refractivity contribution in [1.82, 2.24) is 19.5 Å². The van der Waals surface area contributed by atoms with Crippen LogP contribution in [-0.2, 0) is 4.74 Å². The van der Waals surface area contributed by atoms with E-state index in [4.69, 9.17) is 9.84 Å². The lowest BCUT2D eigenvalue weighted by Crippen LogP contribution is -2.14. The summed E-state index contributed by atoms with van der Waals surface area (Å²) in [5, 5.41) is 9.02. The second-order valence-corrected chi connectivity index (χ2v) is 3.86. The van der Waals surface area contributed by atoms with E-state index < -0.39 is 0 Å². The van der Waals surface area contributed by atoms with Crippen LogP contribution in [0.5, 0.6) is 0 Å². The quantitative estimate of drug-likeness (QED) is 0.874. The van der Waals surface area contributed by atoms with Crippen LogP contribution in [-0.4, -0.2) is 37.3 Å². The number of hydrogen-bond donors (Lipinski definition) is 1. The van der Waals surface area contributed by atoms with Gasteiger partial charge in [-0.1, -0.05) is 13.8 Å². The third kappa shape index (κ3) is 2.34. The summed E-state index contributed by atoms with van der Waals surface area (Å²) in [6.07, 6.45) is 6.49. The molecule has 1 saturated heterocycles. The molecule has 98 valence electrons. The van der Waals surface area contributed by atoms with Gasteiger partial charge in [0.05, 0.1) is 25.2 Å². The van der Waals surface area contributed by atoms with E-state index in [1.54, 1.807) is 12.5 Å².